The Hall–Kier alpha value is -0.410. The van der Waals surface area contributed by atoms with Crippen molar-refractivity contribution < 1.29 is 0 Å². The Morgan fingerprint density at radius 1 is 1.75 bits per heavy atom. The Morgan fingerprint density at radius 3 is 3.08 bits per heavy atom. The summed E-state index contributed by atoms with van der Waals surface area (Å²) in [5.74, 6) is 0.761. The van der Waals surface area contributed by atoms with Crippen LogP contribution in [0, 0.1) is 5.92 Å². The SMILES string of the molecule is CC1CCC(N)(c2ccsn2)C1. The third-order valence-electron chi connectivity index (χ3n) is 2.74. The van der Waals surface area contributed by atoms with Gasteiger partial charge >= 0.3 is 0 Å². The highest BCUT2D eigenvalue weighted by Crippen LogP contribution is 2.39. The zero-order valence-corrected chi connectivity index (χ0v) is 8.10. The minimum Gasteiger partial charge on any atom is -0.320 e. The second-order valence-electron chi connectivity index (χ2n) is 3.89. The second-order valence-corrected chi connectivity index (χ2v) is 4.55. The molecule has 1 heterocycles. The molecule has 1 aliphatic carbocycles. The minimum atomic E-state index is -0.112. The van der Waals surface area contributed by atoms with Crippen LogP contribution in [0.4, 0.5) is 0 Å². The number of nitrogens with two attached hydrogens (primary N) is 1. The summed E-state index contributed by atoms with van der Waals surface area (Å²) in [4.78, 5) is 0. The van der Waals surface area contributed by atoms with Crippen LogP contribution >= 0.6 is 11.5 Å². The average molecular weight is 182 g/mol. The molecule has 0 aromatic carbocycles. The maximum absolute atomic E-state index is 6.26. The fraction of sp³-hybridized carbons (Fsp3) is 0.667. The molecule has 1 aromatic heterocycles. The van der Waals surface area contributed by atoms with Gasteiger partial charge in [0.2, 0.25) is 0 Å². The van der Waals surface area contributed by atoms with Gasteiger partial charge in [-0.3, -0.25) is 0 Å². The zero-order valence-electron chi connectivity index (χ0n) is 7.29. The van der Waals surface area contributed by atoms with Crippen LogP contribution in [0.2, 0.25) is 0 Å². The monoisotopic (exact) mass is 182 g/mol. The summed E-state index contributed by atoms with van der Waals surface area (Å²) in [6.07, 6.45) is 3.43. The Bertz CT molecular complexity index is 258. The van der Waals surface area contributed by atoms with Crippen LogP contribution in [0.5, 0.6) is 0 Å². The van der Waals surface area contributed by atoms with Crippen LogP contribution in [-0.4, -0.2) is 4.37 Å². The maximum Gasteiger partial charge on any atom is 0.0740 e. The quantitative estimate of drug-likeness (QED) is 0.722. The Balaban J connectivity index is 2.23. The normalized spacial score (nSPS) is 35.7. The molecule has 0 radical (unpaired) electrons. The zero-order chi connectivity index (χ0) is 8.60. The predicted molar refractivity (Wildman–Crippen MR) is 51.0 cm³/mol. The van der Waals surface area contributed by atoms with Crippen molar-refractivity contribution >= 4 is 11.5 Å². The van der Waals surface area contributed by atoms with Crippen molar-refractivity contribution in [1.29, 1.82) is 0 Å². The third kappa shape index (κ3) is 1.27. The number of rotatable bonds is 1. The van der Waals surface area contributed by atoms with E-state index in [-0.39, 0.29) is 5.54 Å². The highest BCUT2D eigenvalue weighted by Gasteiger charge is 2.36. The Kier molecular flexibility index (Phi) is 1.93. The standard InChI is InChI=1S/C9H14N2S/c1-7-2-4-9(10,6-7)8-3-5-12-11-8/h3,5,7H,2,4,6,10H2,1H3. The molecule has 2 rings (SSSR count). The van der Waals surface area contributed by atoms with Crippen molar-refractivity contribution in [1.82, 2.24) is 4.37 Å². The van der Waals surface area contributed by atoms with Crippen molar-refractivity contribution in [3.05, 3.63) is 17.1 Å². The van der Waals surface area contributed by atoms with Crippen LogP contribution in [0.3, 0.4) is 0 Å². The summed E-state index contributed by atoms with van der Waals surface area (Å²) in [6, 6.07) is 2.06. The molecule has 1 aliphatic rings. The lowest BCUT2D eigenvalue weighted by atomic mass is 9.94. The van der Waals surface area contributed by atoms with E-state index in [2.05, 4.69) is 17.4 Å². The Morgan fingerprint density at radius 2 is 2.58 bits per heavy atom. The molecule has 2 nitrogen and oxygen atoms in total. The van der Waals surface area contributed by atoms with E-state index in [0.717, 1.165) is 24.5 Å². The van der Waals surface area contributed by atoms with Gasteiger partial charge in [0, 0.05) is 5.38 Å². The summed E-state index contributed by atoms with van der Waals surface area (Å²) < 4.78 is 4.32. The highest BCUT2D eigenvalue weighted by molar-refractivity contribution is 7.03. The molecule has 66 valence electrons. The number of hydrogen-bond acceptors (Lipinski definition) is 3. The van der Waals surface area contributed by atoms with E-state index in [1.165, 1.54) is 18.0 Å². The molecule has 0 aliphatic heterocycles. The topological polar surface area (TPSA) is 38.9 Å². The summed E-state index contributed by atoms with van der Waals surface area (Å²) in [7, 11) is 0. The molecule has 1 saturated carbocycles. The van der Waals surface area contributed by atoms with Gasteiger partial charge in [-0.1, -0.05) is 6.92 Å². The summed E-state index contributed by atoms with van der Waals surface area (Å²) in [6.45, 7) is 2.26. The molecule has 2 N–H and O–H groups in total. The van der Waals surface area contributed by atoms with E-state index >= 15 is 0 Å². The molecule has 0 saturated heterocycles. The fourth-order valence-corrected chi connectivity index (χ4v) is 2.64. The first-order valence-corrected chi connectivity index (χ1v) is 5.24. The number of nitrogens with zero attached hydrogens (tertiary/aromatic N) is 1. The largest absolute Gasteiger partial charge is 0.320 e. The van der Waals surface area contributed by atoms with Gasteiger partial charge in [-0.25, -0.2) is 0 Å². The maximum atomic E-state index is 6.26. The number of hydrogen-bond donors (Lipinski definition) is 1. The highest BCUT2D eigenvalue weighted by atomic mass is 32.1. The van der Waals surface area contributed by atoms with Crippen LogP contribution < -0.4 is 5.73 Å². The van der Waals surface area contributed by atoms with Gasteiger partial charge in [0.1, 0.15) is 0 Å². The van der Waals surface area contributed by atoms with Gasteiger partial charge in [-0.15, -0.1) is 0 Å². The molecular weight excluding hydrogens is 168 g/mol. The smallest absolute Gasteiger partial charge is 0.0740 e. The molecular formula is C9H14N2S. The fourth-order valence-electron chi connectivity index (χ4n) is 2.03. The van der Waals surface area contributed by atoms with Crippen molar-refractivity contribution in [3.63, 3.8) is 0 Å². The van der Waals surface area contributed by atoms with Gasteiger partial charge in [-0.2, -0.15) is 4.37 Å². The molecule has 0 spiro atoms. The lowest BCUT2D eigenvalue weighted by Gasteiger charge is -2.20. The first-order chi connectivity index (χ1) is 5.71. The molecule has 2 unspecified atom stereocenters. The van der Waals surface area contributed by atoms with Gasteiger partial charge in [0.25, 0.3) is 0 Å². The van der Waals surface area contributed by atoms with E-state index in [9.17, 15) is 0 Å². The molecule has 0 amide bonds. The average Bonchev–Trinajstić information content (AvgIpc) is 2.59. The summed E-state index contributed by atoms with van der Waals surface area (Å²) in [5.41, 5.74) is 7.24. The summed E-state index contributed by atoms with van der Waals surface area (Å²) >= 11 is 1.50. The van der Waals surface area contributed by atoms with Crippen LogP contribution in [0.25, 0.3) is 0 Å². The van der Waals surface area contributed by atoms with Gasteiger partial charge in [-0.05, 0) is 42.8 Å². The first kappa shape index (κ1) is 8.20. The second kappa shape index (κ2) is 2.82. The van der Waals surface area contributed by atoms with Crippen molar-refractivity contribution in [2.75, 3.05) is 0 Å². The van der Waals surface area contributed by atoms with Gasteiger partial charge in [0.15, 0.2) is 0 Å². The van der Waals surface area contributed by atoms with Gasteiger partial charge in [0.05, 0.1) is 11.2 Å². The molecule has 3 heteroatoms. The molecule has 1 fully saturated rings. The van der Waals surface area contributed by atoms with E-state index < -0.39 is 0 Å². The van der Waals surface area contributed by atoms with E-state index in [4.69, 9.17) is 5.73 Å². The van der Waals surface area contributed by atoms with E-state index in [1.54, 1.807) is 0 Å². The summed E-state index contributed by atoms with van der Waals surface area (Å²) in [5, 5.41) is 2.01. The lowest BCUT2D eigenvalue weighted by molar-refractivity contribution is 0.432. The van der Waals surface area contributed by atoms with Crippen LogP contribution in [0.15, 0.2) is 11.4 Å². The molecule has 2 atom stereocenters. The van der Waals surface area contributed by atoms with E-state index in [1.807, 2.05) is 5.38 Å². The van der Waals surface area contributed by atoms with Gasteiger partial charge < -0.3 is 5.73 Å². The van der Waals surface area contributed by atoms with Crippen molar-refractivity contribution in [3.8, 4) is 0 Å². The lowest BCUT2D eigenvalue weighted by Crippen LogP contribution is -2.33. The predicted octanol–water partition coefficient (Wildman–Crippen LogP) is 2.12. The minimum absolute atomic E-state index is 0.112. The Labute approximate surface area is 77.0 Å². The first-order valence-electron chi connectivity index (χ1n) is 4.40. The molecule has 1 aromatic rings. The van der Waals surface area contributed by atoms with Crippen LogP contribution in [0.1, 0.15) is 31.9 Å². The molecule has 12 heavy (non-hydrogen) atoms. The van der Waals surface area contributed by atoms with Crippen molar-refractivity contribution in [2.24, 2.45) is 11.7 Å². The molecule has 0 bridgehead atoms. The number of aromatic nitrogens is 1. The van der Waals surface area contributed by atoms with Crippen LogP contribution in [-0.2, 0) is 5.54 Å². The van der Waals surface area contributed by atoms with Crippen molar-refractivity contribution in [2.45, 2.75) is 31.7 Å². The third-order valence-corrected chi connectivity index (χ3v) is 3.30. The van der Waals surface area contributed by atoms with E-state index in [0.29, 0.717) is 0 Å².